The van der Waals surface area contributed by atoms with Gasteiger partial charge in [-0.25, -0.2) is 0 Å². The minimum Gasteiger partial charge on any atom is -0.356 e. The molecule has 3 rings (SSSR count). The molecule has 2 aromatic rings. The third-order valence-corrected chi connectivity index (χ3v) is 3.49. The van der Waals surface area contributed by atoms with Gasteiger partial charge in [-0.3, -0.25) is 4.90 Å². The molecule has 3 heteroatoms. The normalized spacial score (nSPS) is 16.2. The summed E-state index contributed by atoms with van der Waals surface area (Å²) in [6, 6.07) is 4.92. The zero-order valence-electron chi connectivity index (χ0n) is 9.95. The van der Waals surface area contributed by atoms with E-state index in [0.29, 0.717) is 6.04 Å². The molecular formula is C13H16N2O. The first-order valence-electron chi connectivity index (χ1n) is 5.77. The van der Waals surface area contributed by atoms with Gasteiger partial charge in [-0.1, -0.05) is 11.2 Å². The molecule has 2 heterocycles. The van der Waals surface area contributed by atoms with E-state index in [1.807, 2.05) is 6.92 Å². The van der Waals surface area contributed by atoms with Crippen molar-refractivity contribution >= 4 is 11.0 Å². The fourth-order valence-corrected chi connectivity index (χ4v) is 2.39. The lowest BCUT2D eigenvalue weighted by atomic mass is 10.1. The van der Waals surface area contributed by atoms with Crippen molar-refractivity contribution in [3.63, 3.8) is 0 Å². The van der Waals surface area contributed by atoms with E-state index >= 15 is 0 Å². The maximum atomic E-state index is 5.44. The Kier molecular flexibility index (Phi) is 2.04. The number of fused-ring (bicyclic) bond motifs is 3. The summed E-state index contributed by atoms with van der Waals surface area (Å²) in [5.41, 5.74) is 4.68. The van der Waals surface area contributed by atoms with Crippen LogP contribution in [0.4, 0.5) is 0 Å². The summed E-state index contributed by atoms with van der Waals surface area (Å²) in [6.45, 7) is 8.47. The molecule has 0 spiro atoms. The Morgan fingerprint density at radius 3 is 2.88 bits per heavy atom. The zero-order chi connectivity index (χ0) is 11.3. The molecule has 1 aliphatic heterocycles. The molecule has 0 unspecified atom stereocenters. The van der Waals surface area contributed by atoms with Crippen LogP contribution in [-0.2, 0) is 13.1 Å². The molecule has 1 aromatic carbocycles. The standard InChI is InChI=1S/C13H16N2O/c1-8(2)15-6-10-4-5-11-9(3)14-16-13(11)12(10)7-15/h4-5,8H,6-7H2,1-3H3. The fourth-order valence-electron chi connectivity index (χ4n) is 2.39. The summed E-state index contributed by atoms with van der Waals surface area (Å²) < 4.78 is 5.44. The van der Waals surface area contributed by atoms with Crippen LogP contribution in [0.15, 0.2) is 16.7 Å². The molecule has 0 aliphatic carbocycles. The molecule has 0 N–H and O–H groups in total. The van der Waals surface area contributed by atoms with E-state index in [-0.39, 0.29) is 0 Å². The Morgan fingerprint density at radius 2 is 2.12 bits per heavy atom. The second-order valence-corrected chi connectivity index (χ2v) is 4.85. The van der Waals surface area contributed by atoms with Gasteiger partial charge in [-0.05, 0) is 32.4 Å². The van der Waals surface area contributed by atoms with Crippen molar-refractivity contribution in [2.24, 2.45) is 0 Å². The number of nitrogens with zero attached hydrogens (tertiary/aromatic N) is 2. The van der Waals surface area contributed by atoms with E-state index in [1.165, 1.54) is 11.1 Å². The zero-order valence-corrected chi connectivity index (χ0v) is 9.95. The summed E-state index contributed by atoms with van der Waals surface area (Å²) in [5.74, 6) is 0. The smallest absolute Gasteiger partial charge is 0.171 e. The summed E-state index contributed by atoms with van der Waals surface area (Å²) in [5, 5.41) is 5.21. The van der Waals surface area contributed by atoms with Gasteiger partial charge in [0.15, 0.2) is 5.58 Å². The number of hydrogen-bond donors (Lipinski definition) is 0. The van der Waals surface area contributed by atoms with Gasteiger partial charge in [0.1, 0.15) is 0 Å². The molecule has 0 atom stereocenters. The summed E-state index contributed by atoms with van der Waals surface area (Å²) in [7, 11) is 0. The molecule has 0 amide bonds. The van der Waals surface area contributed by atoms with Gasteiger partial charge < -0.3 is 4.52 Å². The van der Waals surface area contributed by atoms with E-state index in [1.54, 1.807) is 0 Å². The second-order valence-electron chi connectivity index (χ2n) is 4.85. The minimum atomic E-state index is 0.575. The van der Waals surface area contributed by atoms with Gasteiger partial charge in [0, 0.05) is 30.1 Å². The van der Waals surface area contributed by atoms with Crippen LogP contribution in [-0.4, -0.2) is 16.1 Å². The van der Waals surface area contributed by atoms with Gasteiger partial charge in [0.2, 0.25) is 0 Å². The van der Waals surface area contributed by atoms with Gasteiger partial charge in [-0.2, -0.15) is 0 Å². The van der Waals surface area contributed by atoms with Gasteiger partial charge in [-0.15, -0.1) is 0 Å². The highest BCUT2D eigenvalue weighted by atomic mass is 16.5. The predicted octanol–water partition coefficient (Wildman–Crippen LogP) is 2.86. The molecule has 0 fully saturated rings. The first-order chi connectivity index (χ1) is 7.66. The molecule has 0 radical (unpaired) electrons. The largest absolute Gasteiger partial charge is 0.356 e. The maximum absolute atomic E-state index is 5.44. The van der Waals surface area contributed by atoms with E-state index in [9.17, 15) is 0 Å². The maximum Gasteiger partial charge on any atom is 0.171 e. The molecule has 0 saturated heterocycles. The minimum absolute atomic E-state index is 0.575. The number of benzene rings is 1. The Labute approximate surface area is 95.0 Å². The monoisotopic (exact) mass is 216 g/mol. The Bertz CT molecular complexity index is 542. The molecule has 1 aromatic heterocycles. The molecule has 84 valence electrons. The van der Waals surface area contributed by atoms with E-state index in [4.69, 9.17) is 4.52 Å². The second kappa shape index (κ2) is 3.32. The van der Waals surface area contributed by atoms with Gasteiger partial charge in [0.25, 0.3) is 0 Å². The number of rotatable bonds is 1. The molecule has 0 bridgehead atoms. The highest BCUT2D eigenvalue weighted by Crippen LogP contribution is 2.32. The number of hydrogen-bond acceptors (Lipinski definition) is 3. The third-order valence-electron chi connectivity index (χ3n) is 3.49. The topological polar surface area (TPSA) is 29.3 Å². The SMILES string of the molecule is Cc1noc2c3c(ccc12)CN(C(C)C)C3. The van der Waals surface area contributed by atoms with Crippen LogP contribution >= 0.6 is 0 Å². The van der Waals surface area contributed by atoms with Crippen LogP contribution in [0, 0.1) is 6.92 Å². The van der Waals surface area contributed by atoms with E-state index in [0.717, 1.165) is 29.8 Å². The number of aryl methyl sites for hydroxylation is 1. The first-order valence-corrected chi connectivity index (χ1v) is 5.77. The predicted molar refractivity (Wildman–Crippen MR) is 63.1 cm³/mol. The fraction of sp³-hybridized carbons (Fsp3) is 0.462. The first kappa shape index (κ1) is 9.85. The molecule has 16 heavy (non-hydrogen) atoms. The van der Waals surface area contributed by atoms with Crippen molar-refractivity contribution in [2.45, 2.75) is 39.9 Å². The molecular weight excluding hydrogens is 200 g/mol. The Balaban J connectivity index is 2.14. The van der Waals surface area contributed by atoms with Crippen molar-refractivity contribution in [2.75, 3.05) is 0 Å². The van der Waals surface area contributed by atoms with Crippen molar-refractivity contribution < 1.29 is 4.52 Å². The highest BCUT2D eigenvalue weighted by Gasteiger charge is 2.25. The van der Waals surface area contributed by atoms with Crippen LogP contribution < -0.4 is 0 Å². The Morgan fingerprint density at radius 1 is 1.31 bits per heavy atom. The van der Waals surface area contributed by atoms with Crippen LogP contribution in [0.5, 0.6) is 0 Å². The summed E-state index contributed by atoms with van der Waals surface area (Å²) in [6.07, 6.45) is 0. The number of aromatic nitrogens is 1. The third kappa shape index (κ3) is 1.28. The summed E-state index contributed by atoms with van der Waals surface area (Å²) >= 11 is 0. The van der Waals surface area contributed by atoms with Crippen LogP contribution in [0.1, 0.15) is 30.7 Å². The van der Waals surface area contributed by atoms with Crippen LogP contribution in [0.3, 0.4) is 0 Å². The van der Waals surface area contributed by atoms with Crippen LogP contribution in [0.2, 0.25) is 0 Å². The van der Waals surface area contributed by atoms with Gasteiger partial charge in [0.05, 0.1) is 5.69 Å². The molecule has 0 saturated carbocycles. The molecule has 3 nitrogen and oxygen atoms in total. The van der Waals surface area contributed by atoms with Crippen molar-refractivity contribution in [3.8, 4) is 0 Å². The lowest BCUT2D eigenvalue weighted by molar-refractivity contribution is 0.227. The van der Waals surface area contributed by atoms with Crippen molar-refractivity contribution in [3.05, 3.63) is 29.0 Å². The Hall–Kier alpha value is -1.35. The lowest BCUT2D eigenvalue weighted by Gasteiger charge is -2.18. The van der Waals surface area contributed by atoms with E-state index in [2.05, 4.69) is 36.0 Å². The lowest BCUT2D eigenvalue weighted by Crippen LogP contribution is -2.24. The summed E-state index contributed by atoms with van der Waals surface area (Å²) in [4.78, 5) is 2.45. The average molecular weight is 216 g/mol. The average Bonchev–Trinajstić information content (AvgIpc) is 2.81. The van der Waals surface area contributed by atoms with Crippen LogP contribution in [0.25, 0.3) is 11.0 Å². The highest BCUT2D eigenvalue weighted by molar-refractivity contribution is 5.83. The van der Waals surface area contributed by atoms with E-state index < -0.39 is 0 Å². The molecule has 1 aliphatic rings. The van der Waals surface area contributed by atoms with Gasteiger partial charge >= 0.3 is 0 Å². The van der Waals surface area contributed by atoms with Crippen molar-refractivity contribution in [1.29, 1.82) is 0 Å². The van der Waals surface area contributed by atoms with Crippen molar-refractivity contribution in [1.82, 2.24) is 10.1 Å². The quantitative estimate of drug-likeness (QED) is 0.734.